The Morgan fingerprint density at radius 2 is 1.95 bits per heavy atom. The maximum absolute atomic E-state index is 12.8. The van der Waals surface area contributed by atoms with Crippen LogP contribution in [0.5, 0.6) is 0 Å². The number of halogens is 1. The molecule has 1 aromatic heterocycles. The quantitative estimate of drug-likeness (QED) is 0.918. The minimum atomic E-state index is -0.201. The summed E-state index contributed by atoms with van der Waals surface area (Å²) in [6.07, 6.45) is 2.53. The third-order valence-electron chi connectivity index (χ3n) is 3.18. The molecular formula is C15H18FN3. The van der Waals surface area contributed by atoms with Gasteiger partial charge in [-0.15, -0.1) is 0 Å². The highest BCUT2D eigenvalue weighted by atomic mass is 19.1. The lowest BCUT2D eigenvalue weighted by molar-refractivity contribution is 0.627. The van der Waals surface area contributed by atoms with Crippen LogP contribution in [0.15, 0.2) is 36.5 Å². The standard InChI is InChI=1S/C15H18FN3/c1-11-9-15(18-10-14(11)17)19(2)8-7-12-3-5-13(16)6-4-12/h3-6,9-10H,7-8,17H2,1-2H3. The molecule has 19 heavy (non-hydrogen) atoms. The predicted octanol–water partition coefficient (Wildman–Crippen LogP) is 2.79. The van der Waals surface area contributed by atoms with Crippen molar-refractivity contribution in [1.29, 1.82) is 0 Å². The van der Waals surface area contributed by atoms with Gasteiger partial charge in [0.1, 0.15) is 11.6 Å². The van der Waals surface area contributed by atoms with Crippen LogP contribution < -0.4 is 10.6 Å². The predicted molar refractivity (Wildman–Crippen MR) is 76.8 cm³/mol. The number of anilines is 2. The first-order chi connectivity index (χ1) is 9.06. The molecule has 2 rings (SSSR count). The highest BCUT2D eigenvalue weighted by Crippen LogP contribution is 2.16. The third kappa shape index (κ3) is 3.44. The highest BCUT2D eigenvalue weighted by Gasteiger charge is 2.04. The molecule has 0 radical (unpaired) electrons. The van der Waals surface area contributed by atoms with Gasteiger partial charge in [0.25, 0.3) is 0 Å². The first-order valence-corrected chi connectivity index (χ1v) is 6.24. The molecule has 0 atom stereocenters. The van der Waals surface area contributed by atoms with Crippen molar-refractivity contribution in [3.63, 3.8) is 0 Å². The van der Waals surface area contributed by atoms with Crippen LogP contribution in [-0.4, -0.2) is 18.6 Å². The van der Waals surface area contributed by atoms with E-state index in [4.69, 9.17) is 5.73 Å². The van der Waals surface area contributed by atoms with Crippen molar-refractivity contribution in [2.24, 2.45) is 0 Å². The first-order valence-electron chi connectivity index (χ1n) is 6.24. The van der Waals surface area contributed by atoms with Gasteiger partial charge in [0.05, 0.1) is 11.9 Å². The van der Waals surface area contributed by atoms with Crippen LogP contribution in [0, 0.1) is 12.7 Å². The van der Waals surface area contributed by atoms with Gasteiger partial charge in [-0.2, -0.15) is 0 Å². The first kappa shape index (κ1) is 13.3. The van der Waals surface area contributed by atoms with E-state index >= 15 is 0 Å². The SMILES string of the molecule is Cc1cc(N(C)CCc2ccc(F)cc2)ncc1N. The number of likely N-dealkylation sites (N-methyl/N-ethyl adjacent to an activating group) is 1. The van der Waals surface area contributed by atoms with Gasteiger partial charge in [0, 0.05) is 13.6 Å². The van der Waals surface area contributed by atoms with Crippen molar-refractivity contribution in [3.05, 3.63) is 53.5 Å². The second-order valence-corrected chi connectivity index (χ2v) is 4.70. The minimum Gasteiger partial charge on any atom is -0.397 e. The molecule has 1 aromatic carbocycles. The Kier molecular flexibility index (Phi) is 4.00. The van der Waals surface area contributed by atoms with Gasteiger partial charge in [0.15, 0.2) is 0 Å². The Morgan fingerprint density at radius 3 is 2.58 bits per heavy atom. The maximum atomic E-state index is 12.8. The molecule has 2 aromatic rings. The number of nitrogens with two attached hydrogens (primary N) is 1. The summed E-state index contributed by atoms with van der Waals surface area (Å²) in [7, 11) is 1.99. The van der Waals surface area contributed by atoms with Gasteiger partial charge in [-0.05, 0) is 42.7 Å². The van der Waals surface area contributed by atoms with Crippen LogP contribution in [0.1, 0.15) is 11.1 Å². The van der Waals surface area contributed by atoms with E-state index in [-0.39, 0.29) is 5.82 Å². The minimum absolute atomic E-state index is 0.201. The van der Waals surface area contributed by atoms with Crippen molar-refractivity contribution < 1.29 is 4.39 Å². The molecule has 0 bridgehead atoms. The zero-order chi connectivity index (χ0) is 13.8. The zero-order valence-electron chi connectivity index (χ0n) is 11.2. The molecule has 0 saturated carbocycles. The van der Waals surface area contributed by atoms with Crippen LogP contribution in [0.4, 0.5) is 15.9 Å². The Morgan fingerprint density at radius 1 is 1.26 bits per heavy atom. The molecule has 0 saturated heterocycles. The second-order valence-electron chi connectivity index (χ2n) is 4.70. The van der Waals surface area contributed by atoms with E-state index in [1.54, 1.807) is 6.20 Å². The molecule has 0 aliphatic carbocycles. The topological polar surface area (TPSA) is 42.2 Å². The molecule has 2 N–H and O–H groups in total. The van der Waals surface area contributed by atoms with Gasteiger partial charge in [0.2, 0.25) is 0 Å². The average molecular weight is 259 g/mol. The number of aromatic nitrogens is 1. The number of rotatable bonds is 4. The summed E-state index contributed by atoms with van der Waals surface area (Å²) in [5, 5.41) is 0. The molecule has 4 heteroatoms. The molecule has 0 fully saturated rings. The lowest BCUT2D eigenvalue weighted by Crippen LogP contribution is -2.21. The fourth-order valence-electron chi connectivity index (χ4n) is 1.82. The molecular weight excluding hydrogens is 241 g/mol. The summed E-state index contributed by atoms with van der Waals surface area (Å²) in [5.41, 5.74) is 8.59. The van der Waals surface area contributed by atoms with Crippen LogP contribution in [0.25, 0.3) is 0 Å². The van der Waals surface area contributed by atoms with E-state index in [1.807, 2.05) is 32.2 Å². The molecule has 100 valence electrons. The van der Waals surface area contributed by atoms with Gasteiger partial charge in [-0.25, -0.2) is 9.37 Å². The Balaban J connectivity index is 1.98. The average Bonchev–Trinajstić information content (AvgIpc) is 2.41. The van der Waals surface area contributed by atoms with Crippen molar-refractivity contribution in [2.75, 3.05) is 24.2 Å². The number of aryl methyl sites for hydroxylation is 1. The number of nitrogens with zero attached hydrogens (tertiary/aromatic N) is 2. The normalized spacial score (nSPS) is 10.5. The van der Waals surface area contributed by atoms with Crippen molar-refractivity contribution in [3.8, 4) is 0 Å². The molecule has 0 aliphatic heterocycles. The number of nitrogen functional groups attached to an aromatic ring is 1. The molecule has 3 nitrogen and oxygen atoms in total. The number of benzene rings is 1. The van der Waals surface area contributed by atoms with E-state index < -0.39 is 0 Å². The largest absolute Gasteiger partial charge is 0.397 e. The Hall–Kier alpha value is -2.10. The summed E-state index contributed by atoms with van der Waals surface area (Å²) in [6, 6.07) is 8.57. The second kappa shape index (κ2) is 5.69. The lowest BCUT2D eigenvalue weighted by atomic mass is 10.1. The summed E-state index contributed by atoms with van der Waals surface area (Å²) >= 11 is 0. The smallest absolute Gasteiger partial charge is 0.128 e. The van der Waals surface area contributed by atoms with Crippen LogP contribution in [0.2, 0.25) is 0 Å². The van der Waals surface area contributed by atoms with Crippen molar-refractivity contribution in [1.82, 2.24) is 4.98 Å². The van der Waals surface area contributed by atoms with Gasteiger partial charge < -0.3 is 10.6 Å². The number of hydrogen-bond donors (Lipinski definition) is 1. The fraction of sp³-hybridized carbons (Fsp3) is 0.267. The van der Waals surface area contributed by atoms with Gasteiger partial charge in [-0.1, -0.05) is 12.1 Å². The molecule has 0 spiro atoms. The molecule has 0 unspecified atom stereocenters. The highest BCUT2D eigenvalue weighted by molar-refractivity contribution is 5.51. The zero-order valence-corrected chi connectivity index (χ0v) is 11.2. The van der Waals surface area contributed by atoms with Gasteiger partial charge >= 0.3 is 0 Å². The Labute approximate surface area is 112 Å². The van der Waals surface area contributed by atoms with Gasteiger partial charge in [-0.3, -0.25) is 0 Å². The molecule has 0 aliphatic rings. The van der Waals surface area contributed by atoms with Crippen molar-refractivity contribution >= 4 is 11.5 Å². The monoisotopic (exact) mass is 259 g/mol. The van der Waals surface area contributed by atoms with E-state index in [2.05, 4.69) is 9.88 Å². The van der Waals surface area contributed by atoms with Crippen molar-refractivity contribution in [2.45, 2.75) is 13.3 Å². The summed E-state index contributed by atoms with van der Waals surface area (Å²) in [5.74, 6) is 0.696. The van der Waals surface area contributed by atoms with Crippen LogP contribution in [-0.2, 0) is 6.42 Å². The number of hydrogen-bond acceptors (Lipinski definition) is 3. The summed E-state index contributed by atoms with van der Waals surface area (Å²) in [4.78, 5) is 6.37. The summed E-state index contributed by atoms with van der Waals surface area (Å²) in [6.45, 7) is 2.79. The molecule has 0 amide bonds. The Bertz CT molecular complexity index is 552. The summed E-state index contributed by atoms with van der Waals surface area (Å²) < 4.78 is 12.8. The fourth-order valence-corrected chi connectivity index (χ4v) is 1.82. The van der Waals surface area contributed by atoms with E-state index in [0.29, 0.717) is 5.69 Å². The van der Waals surface area contributed by atoms with Crippen LogP contribution in [0.3, 0.4) is 0 Å². The van der Waals surface area contributed by atoms with E-state index in [0.717, 1.165) is 29.9 Å². The lowest BCUT2D eigenvalue weighted by Gasteiger charge is -2.19. The van der Waals surface area contributed by atoms with E-state index in [1.165, 1.54) is 12.1 Å². The maximum Gasteiger partial charge on any atom is 0.128 e. The third-order valence-corrected chi connectivity index (χ3v) is 3.18. The van der Waals surface area contributed by atoms with Crippen LogP contribution >= 0.6 is 0 Å². The van der Waals surface area contributed by atoms with E-state index in [9.17, 15) is 4.39 Å². The number of pyridine rings is 1. The molecule has 1 heterocycles.